The van der Waals surface area contributed by atoms with Gasteiger partial charge in [-0.25, -0.2) is 24.2 Å². The van der Waals surface area contributed by atoms with Crippen LogP contribution in [0.15, 0.2) is 76.5 Å². The van der Waals surface area contributed by atoms with Gasteiger partial charge in [-0.1, -0.05) is 64.2 Å². The summed E-state index contributed by atoms with van der Waals surface area (Å²) in [6.45, 7) is 17.1. The van der Waals surface area contributed by atoms with Crippen LogP contribution in [-0.4, -0.2) is 286 Å². The minimum Gasteiger partial charge on any atom is -0.459 e. The molecule has 6 heterocycles. The Kier molecular flexibility index (Phi) is 41.4. The third-order valence-electron chi connectivity index (χ3n) is 22.2. The SMILES string of the molecule is CO[C@H]1C[C@@H]2CC[C@@H](C)[C@@](O)(O2)C(=O)C(=O)N2CCCC[C@H]2C(=O)O[C@H]([C@H](N)C[C@@H]2CC[C@@H](OC(=O)NCCOCCOCCOCCOCCOCCOCCOCCOCCC(=O)NCCCCn3nc(-c4ccc5oc(N)nc5c4)c4c(N)ncnc43)[C@H](OC)C2)CC(=O)[C@H](C)/C=C(\C)[C@@H](O)[C@@H](O)C(=O)[C@H](C)C[C@H](C)/C=C/C=C/C=C/1C. The number of cyclic esters (lactones) is 1. The maximum atomic E-state index is 14.6. The Labute approximate surface area is 702 Å². The Balaban J connectivity index is 0.648. The number of carbonyl (C=O) groups is 7. The van der Waals surface area contributed by atoms with E-state index in [4.69, 9.17) is 88.3 Å². The number of nitrogen functional groups attached to an aromatic ring is 2. The molecule has 1 aliphatic carbocycles. The second-order valence-corrected chi connectivity index (χ2v) is 31.3. The molecule has 11 N–H and O–H groups in total. The summed E-state index contributed by atoms with van der Waals surface area (Å²) in [5.74, 6) is -9.08. The molecule has 668 valence electrons. The van der Waals surface area contributed by atoms with E-state index in [1.54, 1.807) is 38.6 Å². The summed E-state index contributed by atoms with van der Waals surface area (Å²) in [4.78, 5) is 111. The number of alkyl carbamates (subject to hydrolysis) is 1. The number of rotatable bonds is 39. The van der Waals surface area contributed by atoms with Gasteiger partial charge in [-0.15, -0.1) is 0 Å². The molecule has 15 atom stereocenters. The van der Waals surface area contributed by atoms with Gasteiger partial charge in [-0.05, 0) is 132 Å². The first-order valence-corrected chi connectivity index (χ1v) is 42.2. The van der Waals surface area contributed by atoms with Gasteiger partial charge in [0.1, 0.15) is 59.6 Å². The van der Waals surface area contributed by atoms with E-state index in [0.717, 1.165) is 28.9 Å². The molecule has 3 amide bonds. The number of aromatic nitrogens is 5. The molecule has 4 aromatic rings. The van der Waals surface area contributed by atoms with Gasteiger partial charge in [-0.3, -0.25) is 24.0 Å². The molecule has 1 saturated carbocycles. The molecular formula is C85H129N11O24. The number of allylic oxidation sites excluding steroid dienone is 6. The van der Waals surface area contributed by atoms with Crippen molar-refractivity contribution in [2.75, 3.05) is 151 Å². The number of hydrogen-bond acceptors (Lipinski definition) is 31. The average Bonchev–Trinajstić information content (AvgIpc) is 1.61. The van der Waals surface area contributed by atoms with E-state index in [0.29, 0.717) is 184 Å². The topological polar surface area (TPSA) is 475 Å². The zero-order chi connectivity index (χ0) is 86.5. The number of piperidine rings is 1. The summed E-state index contributed by atoms with van der Waals surface area (Å²) in [7, 11) is 3.06. The highest BCUT2D eigenvalue weighted by Gasteiger charge is 2.53. The lowest BCUT2D eigenvalue weighted by Gasteiger charge is -2.42. The van der Waals surface area contributed by atoms with Gasteiger partial charge in [0.15, 0.2) is 17.0 Å². The number of unbranched alkanes of at least 4 members (excludes halogenated alkanes) is 1. The molecule has 120 heavy (non-hydrogen) atoms. The smallest absolute Gasteiger partial charge is 0.407 e. The van der Waals surface area contributed by atoms with Crippen LogP contribution in [0.25, 0.3) is 33.4 Å². The van der Waals surface area contributed by atoms with Crippen molar-refractivity contribution in [2.45, 2.75) is 205 Å². The first-order chi connectivity index (χ1) is 57.8. The molecule has 4 aliphatic rings. The number of aryl methyl sites for hydroxylation is 1. The molecule has 3 fully saturated rings. The molecule has 3 aliphatic heterocycles. The first-order valence-electron chi connectivity index (χ1n) is 42.2. The second kappa shape index (κ2) is 51.1. The van der Waals surface area contributed by atoms with E-state index < -0.39 is 120 Å². The van der Waals surface area contributed by atoms with Crippen LogP contribution >= 0.6 is 0 Å². The third-order valence-corrected chi connectivity index (χ3v) is 22.2. The number of ketones is 3. The third kappa shape index (κ3) is 30.4. The van der Waals surface area contributed by atoms with E-state index in [2.05, 4.69) is 25.6 Å². The minimum absolute atomic E-state index is 0.00230. The van der Waals surface area contributed by atoms with E-state index in [-0.39, 0.29) is 87.9 Å². The summed E-state index contributed by atoms with van der Waals surface area (Å²) in [6.07, 6.45) is 9.87. The number of benzene rings is 1. The maximum Gasteiger partial charge on any atom is 0.407 e. The van der Waals surface area contributed by atoms with Crippen LogP contribution in [0, 0.1) is 29.6 Å². The fourth-order valence-electron chi connectivity index (χ4n) is 15.2. The van der Waals surface area contributed by atoms with Crippen molar-refractivity contribution in [1.29, 1.82) is 0 Å². The van der Waals surface area contributed by atoms with E-state index >= 15 is 0 Å². The number of nitrogens with zero attached hydrogens (tertiary/aromatic N) is 6. The lowest BCUT2D eigenvalue weighted by atomic mass is 9.80. The Hall–Kier alpha value is -8.11. The van der Waals surface area contributed by atoms with Gasteiger partial charge in [0, 0.05) is 89.0 Å². The molecule has 35 nitrogen and oxygen atoms in total. The molecular weight excluding hydrogens is 1560 g/mol. The van der Waals surface area contributed by atoms with Crippen LogP contribution in [0.3, 0.4) is 0 Å². The number of amides is 3. The number of methoxy groups -OCH3 is 2. The minimum atomic E-state index is -2.51. The van der Waals surface area contributed by atoms with Crippen molar-refractivity contribution in [1.82, 2.24) is 40.3 Å². The Bertz CT molecular complexity index is 4000. The van der Waals surface area contributed by atoms with Gasteiger partial charge >= 0.3 is 12.1 Å². The van der Waals surface area contributed by atoms with Crippen LogP contribution in [0.2, 0.25) is 0 Å². The number of fused-ring (bicyclic) bond motifs is 5. The van der Waals surface area contributed by atoms with Crippen molar-refractivity contribution in [3.8, 4) is 11.3 Å². The van der Waals surface area contributed by atoms with Crippen molar-refractivity contribution < 1.29 is 115 Å². The number of carbonyl (C=O) groups excluding carboxylic acids is 7. The molecule has 8 rings (SSSR count). The fourth-order valence-corrected chi connectivity index (χ4v) is 15.2. The van der Waals surface area contributed by atoms with Crippen molar-refractivity contribution in [2.24, 2.45) is 35.3 Å². The number of anilines is 2. The van der Waals surface area contributed by atoms with Crippen molar-refractivity contribution in [3.05, 3.63) is 72.1 Å². The van der Waals surface area contributed by atoms with Gasteiger partial charge in [0.05, 0.1) is 129 Å². The molecule has 0 unspecified atom stereocenters. The summed E-state index contributed by atoms with van der Waals surface area (Å²) in [5.41, 5.74) is 23.2. The Morgan fingerprint density at radius 1 is 0.708 bits per heavy atom. The van der Waals surface area contributed by atoms with Crippen LogP contribution in [0.1, 0.15) is 138 Å². The first kappa shape index (κ1) is 97.3. The predicted molar refractivity (Wildman–Crippen MR) is 442 cm³/mol. The molecule has 1 aromatic carbocycles. The zero-order valence-electron chi connectivity index (χ0n) is 70.9. The number of oxazole rings is 1. The van der Waals surface area contributed by atoms with Crippen molar-refractivity contribution >= 4 is 75.2 Å². The Morgan fingerprint density at radius 3 is 2.02 bits per heavy atom. The highest BCUT2D eigenvalue weighted by molar-refractivity contribution is 6.39. The van der Waals surface area contributed by atoms with Gasteiger partial charge in [0.25, 0.3) is 17.7 Å². The average molecular weight is 1690 g/mol. The van der Waals surface area contributed by atoms with Gasteiger partial charge in [0.2, 0.25) is 11.7 Å². The predicted octanol–water partition coefficient (Wildman–Crippen LogP) is 6.18. The number of nitrogens with two attached hydrogens (primary N) is 3. The normalized spacial score (nSPS) is 27.3. The quantitative estimate of drug-likeness (QED) is 0.0107. The van der Waals surface area contributed by atoms with E-state index in [1.165, 1.54) is 26.4 Å². The van der Waals surface area contributed by atoms with Crippen LogP contribution < -0.4 is 27.8 Å². The summed E-state index contributed by atoms with van der Waals surface area (Å²) >= 11 is 0. The number of hydrogen-bond donors (Lipinski definition) is 8. The van der Waals surface area contributed by atoms with E-state index in [1.807, 2.05) is 56.4 Å². The molecule has 35 heteroatoms. The van der Waals surface area contributed by atoms with E-state index in [9.17, 15) is 48.9 Å². The second-order valence-electron chi connectivity index (χ2n) is 31.3. The number of nitrogens with one attached hydrogen (secondary N) is 2. The zero-order valence-corrected chi connectivity index (χ0v) is 70.9. The summed E-state index contributed by atoms with van der Waals surface area (Å²) in [5, 5.41) is 45.7. The van der Waals surface area contributed by atoms with Gasteiger partial charge in [-0.2, -0.15) is 10.1 Å². The molecule has 2 bridgehead atoms. The lowest BCUT2D eigenvalue weighted by molar-refractivity contribution is -0.265. The standard InChI is InChI=1S/C85H129N11O24/c1-54-16-10-9-11-17-55(2)69(107-7)51-62-22-19-59(6)85(106,120-62)78(102)81(103)95-28-14-12-18-65(95)82(104)117-70(52-66(97)56(3)47-58(5)76(100)77(101)75(99)57(4)46-54)63(86)48-60-20-23-68(71(49-60)108-8)119-84(105)90-27-31-110-33-35-112-37-39-114-41-43-116-45-44-115-42-40-113-38-36-111-34-32-109-30-25-72(98)89-26-13-15-29-96-80-73(79(87)91-53-92-80)74(94-96)61-21-24-67-64(50-61)93-83(88)118-67/h9-11,16-17,21,24,47,50,53-54,56-57,59-60,62-63,65,68-71,76-77,100-101,106H,12-15,18-20,22-23,25-46,48-49,51-52,86H2,1-8H3,(H2,88,93)(H,89,98)(H,90,105)(H2,87,91,92)/b11-9+,16-10+,55-17+,58-47+/t54-,56-,57-,59-,60+,62+,63-,65+,68-,69+,70+,71-,76-,77+,85-/m1/s1. The van der Waals surface area contributed by atoms with Crippen molar-refractivity contribution in [3.63, 3.8) is 0 Å². The highest BCUT2D eigenvalue weighted by atomic mass is 16.6. The summed E-state index contributed by atoms with van der Waals surface area (Å²) in [6, 6.07) is 3.31. The lowest BCUT2D eigenvalue weighted by Crippen LogP contribution is -2.61. The molecule has 2 saturated heterocycles. The highest BCUT2D eigenvalue weighted by Crippen LogP contribution is 2.39. The molecule has 0 radical (unpaired) electrons. The fraction of sp³-hybridized carbons (Fsp3) is 0.682. The number of Topliss-reactive ketones (excluding diaryl/α,β-unsaturated/α-hetero) is 3. The molecule has 3 aromatic heterocycles. The summed E-state index contributed by atoms with van der Waals surface area (Å²) < 4.78 is 81.8. The van der Waals surface area contributed by atoms with Crippen LogP contribution in [0.4, 0.5) is 16.6 Å². The number of aliphatic hydroxyl groups excluding tert-OH is 2. The monoisotopic (exact) mass is 1690 g/mol. The Morgan fingerprint density at radius 2 is 1.37 bits per heavy atom. The van der Waals surface area contributed by atoms with Crippen LogP contribution in [-0.2, 0) is 96.9 Å². The molecule has 0 spiro atoms. The van der Waals surface area contributed by atoms with Crippen LogP contribution in [0.5, 0.6) is 0 Å². The number of aliphatic hydroxyl groups is 3. The largest absolute Gasteiger partial charge is 0.459 e. The maximum absolute atomic E-state index is 14.6. The number of esters is 1. The van der Waals surface area contributed by atoms with Gasteiger partial charge < -0.3 is 114 Å². The number of ether oxygens (including phenoxy) is 13.